The van der Waals surface area contributed by atoms with Crippen molar-refractivity contribution in [2.75, 3.05) is 25.0 Å². The molecule has 29 heavy (non-hydrogen) atoms. The molecule has 1 aliphatic heterocycles. The lowest BCUT2D eigenvalue weighted by Gasteiger charge is -2.32. The first-order chi connectivity index (χ1) is 13.6. The van der Waals surface area contributed by atoms with Gasteiger partial charge in [0.25, 0.3) is 0 Å². The number of aromatic nitrogens is 1. The second-order valence-electron chi connectivity index (χ2n) is 6.96. The molecule has 0 aromatic carbocycles. The lowest BCUT2D eigenvalue weighted by atomic mass is 9.96. The van der Waals surface area contributed by atoms with Gasteiger partial charge in [-0.25, -0.2) is 4.98 Å². The van der Waals surface area contributed by atoms with Gasteiger partial charge in [-0.1, -0.05) is 6.07 Å². The molecule has 2 aromatic heterocycles. The molecule has 1 saturated heterocycles. The van der Waals surface area contributed by atoms with Gasteiger partial charge in [-0.15, -0.1) is 35.3 Å². The number of guanidine groups is 1. The van der Waals surface area contributed by atoms with Crippen LogP contribution in [0.5, 0.6) is 0 Å². The van der Waals surface area contributed by atoms with Gasteiger partial charge in [0.2, 0.25) is 5.91 Å². The van der Waals surface area contributed by atoms with Gasteiger partial charge < -0.3 is 21.3 Å². The molecule has 0 atom stereocenters. The maximum absolute atomic E-state index is 11.4. The maximum Gasteiger partial charge on any atom is 0.220 e. The molecule has 9 heteroatoms. The largest absolute Gasteiger partial charge is 0.369 e. The van der Waals surface area contributed by atoms with Gasteiger partial charge in [0, 0.05) is 49.2 Å². The van der Waals surface area contributed by atoms with Crippen molar-refractivity contribution in [3.63, 3.8) is 0 Å². The molecule has 4 N–H and O–H groups in total. The number of primary amides is 1. The summed E-state index contributed by atoms with van der Waals surface area (Å²) in [5, 5.41) is 8.84. The minimum absolute atomic E-state index is 0. The van der Waals surface area contributed by atoms with E-state index in [-0.39, 0.29) is 35.8 Å². The van der Waals surface area contributed by atoms with E-state index in [0.717, 1.165) is 49.8 Å². The van der Waals surface area contributed by atoms with Gasteiger partial charge in [-0.05, 0) is 42.8 Å². The normalized spacial score (nSPS) is 15.0. The standard InChI is InChI=1S/C20H28N6OS.HI/c1-14-7-11-28-17(14)13-25-20(22-2)24-12-16-4-3-8-23-19(16)26-9-5-15(6-10-26)18(21)27;/h3-4,7-8,11,15H,5-6,9-10,12-13H2,1-2H3,(H2,21,27)(H2,22,24,25);1H. The topological polar surface area (TPSA) is 95.6 Å². The molecule has 3 heterocycles. The van der Waals surface area contributed by atoms with Gasteiger partial charge >= 0.3 is 0 Å². The van der Waals surface area contributed by atoms with Crippen molar-refractivity contribution in [3.05, 3.63) is 45.8 Å². The Kier molecular flexibility index (Phi) is 9.15. The van der Waals surface area contributed by atoms with E-state index in [4.69, 9.17) is 5.73 Å². The molecule has 1 aliphatic rings. The summed E-state index contributed by atoms with van der Waals surface area (Å²) in [5.41, 5.74) is 7.85. The Morgan fingerprint density at radius 1 is 1.31 bits per heavy atom. The van der Waals surface area contributed by atoms with E-state index in [1.54, 1.807) is 18.4 Å². The highest BCUT2D eigenvalue weighted by Gasteiger charge is 2.24. The second kappa shape index (κ2) is 11.3. The van der Waals surface area contributed by atoms with Crippen molar-refractivity contribution in [1.82, 2.24) is 15.6 Å². The van der Waals surface area contributed by atoms with Gasteiger partial charge in [0.05, 0.1) is 6.54 Å². The molecule has 2 aromatic rings. The van der Waals surface area contributed by atoms with Crippen molar-refractivity contribution < 1.29 is 4.79 Å². The van der Waals surface area contributed by atoms with Crippen LogP contribution in [0.3, 0.4) is 0 Å². The van der Waals surface area contributed by atoms with E-state index in [1.807, 2.05) is 12.3 Å². The quantitative estimate of drug-likeness (QED) is 0.305. The smallest absolute Gasteiger partial charge is 0.220 e. The Morgan fingerprint density at radius 3 is 2.66 bits per heavy atom. The van der Waals surface area contributed by atoms with Crippen LogP contribution in [-0.4, -0.2) is 37.0 Å². The predicted octanol–water partition coefficient (Wildman–Crippen LogP) is 2.64. The van der Waals surface area contributed by atoms with Crippen LogP contribution in [0, 0.1) is 12.8 Å². The summed E-state index contributed by atoms with van der Waals surface area (Å²) >= 11 is 1.75. The van der Waals surface area contributed by atoms with E-state index >= 15 is 0 Å². The zero-order chi connectivity index (χ0) is 19.9. The summed E-state index contributed by atoms with van der Waals surface area (Å²) in [7, 11) is 1.77. The fourth-order valence-electron chi connectivity index (χ4n) is 3.38. The third-order valence-corrected chi connectivity index (χ3v) is 6.14. The molecule has 0 saturated carbocycles. The Morgan fingerprint density at radius 2 is 2.03 bits per heavy atom. The summed E-state index contributed by atoms with van der Waals surface area (Å²) in [4.78, 5) is 23.8. The number of carbonyl (C=O) groups is 1. The summed E-state index contributed by atoms with van der Waals surface area (Å²) in [6.45, 7) is 5.09. The molecule has 3 rings (SSSR count). The lowest BCUT2D eigenvalue weighted by molar-refractivity contribution is -0.122. The number of thiophene rings is 1. The lowest BCUT2D eigenvalue weighted by Crippen LogP contribution is -2.40. The number of nitrogens with zero attached hydrogens (tertiary/aromatic N) is 3. The van der Waals surface area contributed by atoms with E-state index in [2.05, 4.69) is 49.9 Å². The second-order valence-corrected chi connectivity index (χ2v) is 7.96. The fraction of sp³-hybridized carbons (Fsp3) is 0.450. The number of pyridine rings is 1. The number of nitrogens with one attached hydrogen (secondary N) is 2. The minimum Gasteiger partial charge on any atom is -0.369 e. The van der Waals surface area contributed by atoms with Crippen molar-refractivity contribution >= 4 is 53.0 Å². The van der Waals surface area contributed by atoms with Gasteiger partial charge in [0.15, 0.2) is 5.96 Å². The number of amides is 1. The van der Waals surface area contributed by atoms with Crippen LogP contribution < -0.4 is 21.3 Å². The third kappa shape index (κ3) is 6.30. The Bertz CT molecular complexity index is 832. The van der Waals surface area contributed by atoms with E-state index in [0.29, 0.717) is 6.54 Å². The molecule has 0 radical (unpaired) electrons. The van der Waals surface area contributed by atoms with Gasteiger partial charge in [-0.3, -0.25) is 9.79 Å². The van der Waals surface area contributed by atoms with Crippen molar-refractivity contribution in [2.45, 2.75) is 32.9 Å². The molecule has 0 unspecified atom stereocenters. The van der Waals surface area contributed by atoms with Crippen LogP contribution in [0.2, 0.25) is 0 Å². The van der Waals surface area contributed by atoms with Crippen LogP contribution in [0.25, 0.3) is 0 Å². The van der Waals surface area contributed by atoms with E-state index in [1.165, 1.54) is 10.4 Å². The number of carbonyl (C=O) groups excluding carboxylic acids is 1. The average molecular weight is 528 g/mol. The third-order valence-electron chi connectivity index (χ3n) is 5.12. The van der Waals surface area contributed by atoms with Crippen LogP contribution in [0.1, 0.15) is 28.8 Å². The van der Waals surface area contributed by atoms with Crippen molar-refractivity contribution in [1.29, 1.82) is 0 Å². The number of aliphatic imine (C=N–C) groups is 1. The first kappa shape index (κ1) is 23.4. The van der Waals surface area contributed by atoms with E-state index in [9.17, 15) is 4.79 Å². The van der Waals surface area contributed by atoms with E-state index < -0.39 is 0 Å². The summed E-state index contributed by atoms with van der Waals surface area (Å²) in [6, 6.07) is 6.15. The SMILES string of the molecule is CN=C(NCc1cccnc1N1CCC(C(N)=O)CC1)NCc1sccc1C.I. The number of rotatable bonds is 6. The molecule has 7 nitrogen and oxygen atoms in total. The minimum atomic E-state index is -0.196. The average Bonchev–Trinajstić information content (AvgIpc) is 3.13. The number of halogens is 1. The van der Waals surface area contributed by atoms with Crippen LogP contribution in [-0.2, 0) is 17.9 Å². The Labute approximate surface area is 193 Å². The van der Waals surface area contributed by atoms with Gasteiger partial charge in [-0.2, -0.15) is 0 Å². The molecule has 1 amide bonds. The molecular weight excluding hydrogens is 499 g/mol. The van der Waals surface area contributed by atoms with Gasteiger partial charge in [0.1, 0.15) is 5.82 Å². The highest BCUT2D eigenvalue weighted by Crippen LogP contribution is 2.24. The van der Waals surface area contributed by atoms with Crippen LogP contribution in [0.4, 0.5) is 5.82 Å². The molecule has 0 bridgehead atoms. The summed E-state index contributed by atoms with van der Waals surface area (Å²) in [6.07, 6.45) is 3.37. The summed E-state index contributed by atoms with van der Waals surface area (Å²) in [5.74, 6) is 1.50. The zero-order valence-corrected chi connectivity index (χ0v) is 20.0. The zero-order valence-electron chi connectivity index (χ0n) is 16.9. The number of hydrogen-bond donors (Lipinski definition) is 3. The Hall–Kier alpha value is -1.88. The molecule has 1 fully saturated rings. The summed E-state index contributed by atoms with van der Waals surface area (Å²) < 4.78 is 0. The number of aryl methyl sites for hydroxylation is 1. The maximum atomic E-state index is 11.4. The monoisotopic (exact) mass is 528 g/mol. The molecule has 0 spiro atoms. The van der Waals surface area contributed by atoms with Crippen LogP contribution >= 0.6 is 35.3 Å². The molecular formula is C20H29IN6OS. The van der Waals surface area contributed by atoms with Crippen molar-refractivity contribution in [2.24, 2.45) is 16.6 Å². The predicted molar refractivity (Wildman–Crippen MR) is 130 cm³/mol. The number of hydrogen-bond acceptors (Lipinski definition) is 5. The molecule has 158 valence electrons. The van der Waals surface area contributed by atoms with Crippen molar-refractivity contribution in [3.8, 4) is 0 Å². The number of piperidine rings is 1. The van der Waals surface area contributed by atoms with Crippen LogP contribution in [0.15, 0.2) is 34.8 Å². The Balaban J connectivity index is 0.00000300. The first-order valence-electron chi connectivity index (χ1n) is 9.54. The molecule has 0 aliphatic carbocycles. The number of nitrogens with two attached hydrogens (primary N) is 1. The highest BCUT2D eigenvalue weighted by atomic mass is 127. The highest BCUT2D eigenvalue weighted by molar-refractivity contribution is 14.0. The number of anilines is 1. The fourth-order valence-corrected chi connectivity index (χ4v) is 4.22. The first-order valence-corrected chi connectivity index (χ1v) is 10.4.